The van der Waals surface area contributed by atoms with E-state index < -0.39 is 0 Å². The molecule has 0 saturated heterocycles. The predicted octanol–water partition coefficient (Wildman–Crippen LogP) is 3.49. The number of benzene rings is 1. The fraction of sp³-hybridized carbons (Fsp3) is 0.562. The van der Waals surface area contributed by atoms with Crippen molar-refractivity contribution in [3.05, 3.63) is 29.3 Å². The van der Waals surface area contributed by atoms with Crippen molar-refractivity contribution >= 4 is 29.3 Å². The zero-order valence-corrected chi connectivity index (χ0v) is 13.8. The molecular formula is C16H22ClNO2S. The van der Waals surface area contributed by atoms with Crippen molar-refractivity contribution in [3.8, 4) is 0 Å². The number of amides is 1. The molecule has 2 N–H and O–H groups in total. The maximum atomic E-state index is 12.1. The molecule has 1 aromatic rings. The number of nitrogens with one attached hydrogen (secondary N) is 1. The van der Waals surface area contributed by atoms with E-state index in [2.05, 4.69) is 5.32 Å². The summed E-state index contributed by atoms with van der Waals surface area (Å²) in [5.41, 5.74) is 0. The van der Waals surface area contributed by atoms with Crippen LogP contribution in [0.2, 0.25) is 5.02 Å². The Morgan fingerprint density at radius 1 is 1.48 bits per heavy atom. The number of thioether (sulfide) groups is 1. The minimum absolute atomic E-state index is 0.0278. The third-order valence-corrected chi connectivity index (χ3v) is 5.45. The lowest BCUT2D eigenvalue weighted by Gasteiger charge is -2.26. The van der Waals surface area contributed by atoms with E-state index in [1.165, 1.54) is 11.8 Å². The van der Waals surface area contributed by atoms with Crippen molar-refractivity contribution in [2.75, 3.05) is 6.54 Å². The van der Waals surface area contributed by atoms with Crippen LogP contribution in [0.4, 0.5) is 0 Å². The highest BCUT2D eigenvalue weighted by atomic mass is 35.5. The van der Waals surface area contributed by atoms with Crippen molar-refractivity contribution in [2.45, 2.75) is 48.9 Å². The van der Waals surface area contributed by atoms with E-state index in [-0.39, 0.29) is 17.3 Å². The molecule has 21 heavy (non-hydrogen) atoms. The van der Waals surface area contributed by atoms with E-state index in [0.29, 0.717) is 17.5 Å². The van der Waals surface area contributed by atoms with Gasteiger partial charge in [-0.25, -0.2) is 0 Å². The monoisotopic (exact) mass is 327 g/mol. The van der Waals surface area contributed by atoms with Gasteiger partial charge in [0.05, 0.1) is 16.4 Å². The molecule has 3 nitrogen and oxygen atoms in total. The fourth-order valence-electron chi connectivity index (χ4n) is 2.62. The number of carbonyl (C=O) groups excluding carboxylic acids is 1. The number of hydrogen-bond acceptors (Lipinski definition) is 3. The maximum absolute atomic E-state index is 12.1. The van der Waals surface area contributed by atoms with Gasteiger partial charge in [-0.3, -0.25) is 4.79 Å². The van der Waals surface area contributed by atoms with Crippen LogP contribution in [0.15, 0.2) is 29.2 Å². The number of halogens is 1. The lowest BCUT2D eigenvalue weighted by molar-refractivity contribution is -0.120. The Labute approximate surface area is 135 Å². The molecule has 1 amide bonds. The molecule has 1 aliphatic carbocycles. The highest BCUT2D eigenvalue weighted by molar-refractivity contribution is 8.00. The fourth-order valence-corrected chi connectivity index (χ4v) is 3.80. The molecule has 0 aromatic heterocycles. The van der Waals surface area contributed by atoms with Crippen molar-refractivity contribution in [1.82, 2.24) is 5.32 Å². The first-order valence-corrected chi connectivity index (χ1v) is 8.69. The Morgan fingerprint density at radius 3 is 2.95 bits per heavy atom. The third-order valence-electron chi connectivity index (χ3n) is 3.83. The summed E-state index contributed by atoms with van der Waals surface area (Å²) in [6.07, 6.45) is 3.63. The van der Waals surface area contributed by atoms with Gasteiger partial charge in [0.25, 0.3) is 0 Å². The summed E-state index contributed by atoms with van der Waals surface area (Å²) in [6, 6.07) is 7.56. The molecule has 1 saturated carbocycles. The molecule has 1 fully saturated rings. The van der Waals surface area contributed by atoms with Gasteiger partial charge in [-0.1, -0.05) is 30.2 Å². The van der Waals surface area contributed by atoms with Crippen LogP contribution in [-0.2, 0) is 4.79 Å². The summed E-state index contributed by atoms with van der Waals surface area (Å²) in [4.78, 5) is 13.1. The number of rotatable bonds is 5. The van der Waals surface area contributed by atoms with Gasteiger partial charge in [0.2, 0.25) is 5.91 Å². The van der Waals surface area contributed by atoms with Crippen LogP contribution in [0, 0.1) is 5.92 Å². The van der Waals surface area contributed by atoms with E-state index in [1.54, 1.807) is 0 Å². The average molecular weight is 328 g/mol. The summed E-state index contributed by atoms with van der Waals surface area (Å²) in [7, 11) is 0. The summed E-state index contributed by atoms with van der Waals surface area (Å²) in [6.45, 7) is 2.54. The number of hydrogen-bond donors (Lipinski definition) is 2. The van der Waals surface area contributed by atoms with E-state index in [0.717, 1.165) is 30.6 Å². The average Bonchev–Trinajstić information content (AvgIpc) is 2.47. The minimum Gasteiger partial charge on any atom is -0.393 e. The van der Waals surface area contributed by atoms with Gasteiger partial charge in [0, 0.05) is 11.4 Å². The van der Waals surface area contributed by atoms with Crippen molar-refractivity contribution in [3.63, 3.8) is 0 Å². The van der Waals surface area contributed by atoms with E-state index >= 15 is 0 Å². The van der Waals surface area contributed by atoms with Gasteiger partial charge < -0.3 is 10.4 Å². The molecule has 0 aliphatic heterocycles. The number of aliphatic hydroxyl groups is 1. The summed E-state index contributed by atoms with van der Waals surface area (Å²) < 4.78 is 0. The van der Waals surface area contributed by atoms with Crippen LogP contribution >= 0.6 is 23.4 Å². The van der Waals surface area contributed by atoms with E-state index in [4.69, 9.17) is 11.6 Å². The molecule has 0 bridgehead atoms. The smallest absolute Gasteiger partial charge is 0.233 e. The zero-order valence-electron chi connectivity index (χ0n) is 12.2. The SMILES string of the molecule is CC(Sc1ccccc1Cl)C(=O)NCC1CCCC(O)C1. The molecule has 3 unspecified atom stereocenters. The topological polar surface area (TPSA) is 49.3 Å². The quantitative estimate of drug-likeness (QED) is 0.814. The van der Waals surface area contributed by atoms with Gasteiger partial charge in [-0.15, -0.1) is 11.8 Å². The zero-order chi connectivity index (χ0) is 15.2. The Hall–Kier alpha value is -0.710. The second-order valence-corrected chi connectivity index (χ2v) is 7.41. The minimum atomic E-state index is -0.199. The van der Waals surface area contributed by atoms with Crippen molar-refractivity contribution < 1.29 is 9.90 Å². The van der Waals surface area contributed by atoms with E-state index in [1.807, 2.05) is 31.2 Å². The number of carbonyl (C=O) groups is 1. The van der Waals surface area contributed by atoms with Gasteiger partial charge in [-0.05, 0) is 44.2 Å². The van der Waals surface area contributed by atoms with Crippen LogP contribution in [0.1, 0.15) is 32.6 Å². The lowest BCUT2D eigenvalue weighted by atomic mass is 9.87. The lowest BCUT2D eigenvalue weighted by Crippen LogP contribution is -2.36. The Morgan fingerprint density at radius 2 is 2.24 bits per heavy atom. The first-order chi connectivity index (χ1) is 10.1. The molecule has 1 aromatic carbocycles. The van der Waals surface area contributed by atoms with Crippen molar-refractivity contribution in [2.24, 2.45) is 5.92 Å². The molecule has 5 heteroatoms. The number of aliphatic hydroxyl groups excluding tert-OH is 1. The summed E-state index contributed by atoms with van der Waals surface area (Å²) in [5.74, 6) is 0.426. The third kappa shape index (κ3) is 5.20. The molecule has 0 spiro atoms. The molecule has 3 atom stereocenters. The highest BCUT2D eigenvalue weighted by Gasteiger charge is 2.22. The van der Waals surface area contributed by atoms with Gasteiger partial charge in [0.15, 0.2) is 0 Å². The van der Waals surface area contributed by atoms with Crippen LogP contribution in [0.5, 0.6) is 0 Å². The second kappa shape index (κ2) is 8.06. The van der Waals surface area contributed by atoms with Crippen LogP contribution in [-0.4, -0.2) is 28.9 Å². The summed E-state index contributed by atoms with van der Waals surface area (Å²) in [5, 5.41) is 13.1. The molecular weight excluding hydrogens is 306 g/mol. The Bertz CT molecular complexity index is 483. The predicted molar refractivity (Wildman–Crippen MR) is 87.7 cm³/mol. The van der Waals surface area contributed by atoms with Crippen LogP contribution in [0.25, 0.3) is 0 Å². The van der Waals surface area contributed by atoms with Crippen LogP contribution < -0.4 is 5.32 Å². The van der Waals surface area contributed by atoms with Crippen molar-refractivity contribution in [1.29, 1.82) is 0 Å². The van der Waals surface area contributed by atoms with Gasteiger partial charge in [0.1, 0.15) is 0 Å². The highest BCUT2D eigenvalue weighted by Crippen LogP contribution is 2.30. The molecule has 0 heterocycles. The first kappa shape index (κ1) is 16.7. The molecule has 0 radical (unpaired) electrons. The normalized spacial score (nSPS) is 23.6. The molecule has 1 aliphatic rings. The van der Waals surface area contributed by atoms with Crippen LogP contribution in [0.3, 0.4) is 0 Å². The standard InChI is InChI=1S/C16H22ClNO2S/c1-11(21-15-8-3-2-7-14(15)17)16(20)18-10-12-5-4-6-13(19)9-12/h2-3,7-8,11-13,19H,4-6,9-10H2,1H3,(H,18,20). The largest absolute Gasteiger partial charge is 0.393 e. The van der Waals surface area contributed by atoms with E-state index in [9.17, 15) is 9.90 Å². The Kier molecular flexibility index (Phi) is 6.40. The first-order valence-electron chi connectivity index (χ1n) is 7.43. The molecule has 116 valence electrons. The second-order valence-electron chi connectivity index (χ2n) is 5.62. The Balaban J connectivity index is 1.78. The maximum Gasteiger partial charge on any atom is 0.233 e. The van der Waals surface area contributed by atoms with Gasteiger partial charge >= 0.3 is 0 Å². The molecule has 2 rings (SSSR count). The van der Waals surface area contributed by atoms with Gasteiger partial charge in [-0.2, -0.15) is 0 Å². The summed E-state index contributed by atoms with van der Waals surface area (Å²) >= 11 is 7.58.